The van der Waals surface area contributed by atoms with Crippen LogP contribution in [0.3, 0.4) is 0 Å². The van der Waals surface area contributed by atoms with Crippen molar-refractivity contribution in [2.75, 3.05) is 14.1 Å². The monoisotopic (exact) mass is 534 g/mol. The molecule has 1 aliphatic rings. The van der Waals surface area contributed by atoms with Gasteiger partial charge in [-0.2, -0.15) is 8.42 Å². The number of benzene rings is 2. The quantitative estimate of drug-likeness (QED) is 0.311. The van der Waals surface area contributed by atoms with Crippen LogP contribution in [0.2, 0.25) is 10.0 Å². The fraction of sp³-hybridized carbons (Fsp3) is 0.360. The number of ether oxygens (including phenoxy) is 1. The summed E-state index contributed by atoms with van der Waals surface area (Å²) in [5.74, 6) is 0.702. The van der Waals surface area contributed by atoms with Gasteiger partial charge in [0.15, 0.2) is 0 Å². The fourth-order valence-electron chi connectivity index (χ4n) is 4.10. The predicted molar refractivity (Wildman–Crippen MR) is 141 cm³/mol. The van der Waals surface area contributed by atoms with E-state index in [9.17, 15) is 8.42 Å². The van der Waals surface area contributed by atoms with E-state index in [0.29, 0.717) is 23.4 Å². The molecule has 0 spiro atoms. The number of rotatable bonds is 8. The highest BCUT2D eigenvalue weighted by Gasteiger charge is 2.24. The van der Waals surface area contributed by atoms with Crippen molar-refractivity contribution in [3.63, 3.8) is 0 Å². The van der Waals surface area contributed by atoms with Crippen molar-refractivity contribution in [2.45, 2.75) is 49.3 Å². The minimum Gasteiger partial charge on any atom is -0.489 e. The van der Waals surface area contributed by atoms with Crippen LogP contribution in [0.15, 0.2) is 58.1 Å². The van der Waals surface area contributed by atoms with Crippen molar-refractivity contribution in [3.8, 4) is 5.75 Å². The van der Waals surface area contributed by atoms with Gasteiger partial charge in [0, 0.05) is 49.8 Å². The van der Waals surface area contributed by atoms with Gasteiger partial charge in [0.2, 0.25) is 0 Å². The van der Waals surface area contributed by atoms with Crippen molar-refractivity contribution in [2.24, 2.45) is 4.40 Å². The van der Waals surface area contributed by atoms with Crippen LogP contribution in [0.1, 0.15) is 31.2 Å². The summed E-state index contributed by atoms with van der Waals surface area (Å²) < 4.78 is 35.0. The van der Waals surface area contributed by atoms with Crippen LogP contribution in [0.4, 0.5) is 0 Å². The number of nitrogens with one attached hydrogen (secondary N) is 1. The molecule has 0 radical (unpaired) electrons. The Labute approximate surface area is 216 Å². The average Bonchev–Trinajstić information content (AvgIpc) is 2.85. The molecule has 0 bridgehead atoms. The minimum atomic E-state index is -3.87. The van der Waals surface area contributed by atoms with Gasteiger partial charge in [-0.3, -0.25) is 4.98 Å². The molecule has 35 heavy (non-hydrogen) atoms. The molecular formula is C25H28Cl2N4O3S. The maximum absolute atomic E-state index is 12.5. The molecule has 0 saturated heterocycles. The summed E-state index contributed by atoms with van der Waals surface area (Å²) in [5.41, 5.74) is 0.837. The predicted octanol–water partition coefficient (Wildman–Crippen LogP) is 5.30. The van der Waals surface area contributed by atoms with Gasteiger partial charge in [0.05, 0.1) is 16.1 Å². The van der Waals surface area contributed by atoms with E-state index in [2.05, 4.69) is 14.7 Å². The first kappa shape index (κ1) is 25.7. The molecule has 1 heterocycles. The molecule has 3 aromatic rings. The van der Waals surface area contributed by atoms with Gasteiger partial charge >= 0.3 is 0 Å². The lowest BCUT2D eigenvalue weighted by molar-refractivity contribution is 0.139. The van der Waals surface area contributed by atoms with Crippen LogP contribution in [-0.2, 0) is 16.6 Å². The standard InChI is InChI=1S/C25H28Cl2N4O3S/c1-31(2)16-30-35(32,33)24-13-17(3-9-22(24)26)14-29-19-5-7-20(8-6-19)34-23-10-4-18-15-28-12-11-21(18)25(23)27/h3-4,9-13,15-16,19-20,29H,5-8,14H2,1-2H3/b30-16-. The molecule has 0 atom stereocenters. The molecule has 1 saturated carbocycles. The van der Waals surface area contributed by atoms with Crippen molar-refractivity contribution in [1.29, 1.82) is 0 Å². The van der Waals surface area contributed by atoms with Gasteiger partial charge in [-0.05, 0) is 61.6 Å². The number of hydrogen-bond donors (Lipinski definition) is 1. The Morgan fingerprint density at radius 1 is 1.14 bits per heavy atom. The van der Waals surface area contributed by atoms with E-state index in [1.54, 1.807) is 43.5 Å². The highest BCUT2D eigenvalue weighted by Crippen LogP contribution is 2.35. The van der Waals surface area contributed by atoms with Gasteiger partial charge < -0.3 is 15.0 Å². The third kappa shape index (κ3) is 6.44. The summed E-state index contributed by atoms with van der Waals surface area (Å²) >= 11 is 12.7. The van der Waals surface area contributed by atoms with Crippen LogP contribution in [0.25, 0.3) is 10.8 Å². The third-order valence-corrected chi connectivity index (χ3v) is 8.07. The second kappa shape index (κ2) is 11.1. The summed E-state index contributed by atoms with van der Waals surface area (Å²) in [4.78, 5) is 5.70. The van der Waals surface area contributed by atoms with Crippen molar-refractivity contribution in [1.82, 2.24) is 15.2 Å². The van der Waals surface area contributed by atoms with Gasteiger partial charge in [-0.15, -0.1) is 4.40 Å². The molecular weight excluding hydrogens is 507 g/mol. The Kier molecular flexibility index (Phi) is 8.16. The normalized spacial score (nSPS) is 18.7. The van der Waals surface area contributed by atoms with Crippen molar-refractivity contribution in [3.05, 3.63) is 64.4 Å². The third-order valence-electron chi connectivity index (χ3n) is 5.97. The summed E-state index contributed by atoms with van der Waals surface area (Å²) in [6.07, 6.45) is 8.58. The summed E-state index contributed by atoms with van der Waals surface area (Å²) in [7, 11) is -0.462. The van der Waals surface area contributed by atoms with E-state index in [4.69, 9.17) is 27.9 Å². The van der Waals surface area contributed by atoms with Crippen LogP contribution in [0.5, 0.6) is 5.75 Å². The molecule has 7 nitrogen and oxygen atoms in total. The second-order valence-electron chi connectivity index (χ2n) is 8.87. The minimum absolute atomic E-state index is 0.0109. The molecule has 1 aromatic heterocycles. The largest absolute Gasteiger partial charge is 0.489 e. The van der Waals surface area contributed by atoms with Gasteiger partial charge in [-0.25, -0.2) is 0 Å². The number of aromatic nitrogens is 1. The lowest BCUT2D eigenvalue weighted by atomic mass is 9.92. The maximum atomic E-state index is 12.5. The molecule has 1 aliphatic carbocycles. The number of pyridine rings is 1. The van der Waals surface area contributed by atoms with E-state index in [1.165, 1.54) is 6.34 Å². The van der Waals surface area contributed by atoms with E-state index in [1.807, 2.05) is 24.3 Å². The van der Waals surface area contributed by atoms with Crippen LogP contribution >= 0.6 is 23.2 Å². The summed E-state index contributed by atoms with van der Waals surface area (Å²) in [6.45, 7) is 0.539. The molecule has 0 aliphatic heterocycles. The molecule has 0 unspecified atom stereocenters. The average molecular weight is 535 g/mol. The summed E-state index contributed by atoms with van der Waals surface area (Å²) in [6, 6.07) is 11.1. The maximum Gasteiger partial charge on any atom is 0.285 e. The zero-order valence-corrected chi connectivity index (χ0v) is 21.9. The first-order valence-corrected chi connectivity index (χ1v) is 13.6. The number of halogens is 2. The number of nitrogens with zero attached hydrogens (tertiary/aromatic N) is 3. The van der Waals surface area contributed by atoms with E-state index in [-0.39, 0.29) is 16.0 Å². The van der Waals surface area contributed by atoms with Gasteiger partial charge in [0.25, 0.3) is 10.0 Å². The second-order valence-corrected chi connectivity index (χ2v) is 11.3. The first-order chi connectivity index (χ1) is 16.7. The van der Waals surface area contributed by atoms with E-state index >= 15 is 0 Å². The topological polar surface area (TPSA) is 83.9 Å². The van der Waals surface area contributed by atoms with Crippen molar-refractivity contribution >= 4 is 50.3 Å². The van der Waals surface area contributed by atoms with E-state index in [0.717, 1.165) is 42.0 Å². The zero-order valence-electron chi connectivity index (χ0n) is 19.6. The Bertz CT molecular complexity index is 1320. The zero-order chi connectivity index (χ0) is 25.0. The fourth-order valence-corrected chi connectivity index (χ4v) is 5.83. The van der Waals surface area contributed by atoms with Crippen LogP contribution < -0.4 is 10.1 Å². The van der Waals surface area contributed by atoms with Crippen LogP contribution in [-0.4, -0.2) is 50.9 Å². The Morgan fingerprint density at radius 2 is 1.91 bits per heavy atom. The number of sulfonamides is 1. The van der Waals surface area contributed by atoms with Gasteiger partial charge in [0.1, 0.15) is 17.0 Å². The molecule has 2 aromatic carbocycles. The lowest BCUT2D eigenvalue weighted by Gasteiger charge is -2.30. The van der Waals surface area contributed by atoms with E-state index < -0.39 is 10.0 Å². The Balaban J connectivity index is 1.33. The molecule has 4 rings (SSSR count). The highest BCUT2D eigenvalue weighted by atomic mass is 35.5. The molecule has 186 valence electrons. The SMILES string of the molecule is CN(C)/C=N\S(=O)(=O)c1cc(CNC2CCC(Oc3ccc4cnccc4c3Cl)CC2)ccc1Cl. The summed E-state index contributed by atoms with van der Waals surface area (Å²) in [5, 5.41) is 6.23. The number of hydrogen-bond acceptors (Lipinski definition) is 5. The Morgan fingerprint density at radius 3 is 2.66 bits per heavy atom. The Hall–Kier alpha value is -2.39. The first-order valence-electron chi connectivity index (χ1n) is 11.4. The van der Waals surface area contributed by atoms with Crippen LogP contribution in [0, 0.1) is 0 Å². The smallest absolute Gasteiger partial charge is 0.285 e. The molecule has 0 amide bonds. The molecule has 1 N–H and O–H groups in total. The number of fused-ring (bicyclic) bond motifs is 1. The van der Waals surface area contributed by atoms with Crippen molar-refractivity contribution < 1.29 is 13.2 Å². The van der Waals surface area contributed by atoms with Gasteiger partial charge in [-0.1, -0.05) is 29.3 Å². The highest BCUT2D eigenvalue weighted by molar-refractivity contribution is 7.90. The molecule has 1 fully saturated rings. The molecule has 10 heteroatoms. The lowest BCUT2D eigenvalue weighted by Crippen LogP contribution is -2.36.